The van der Waals surface area contributed by atoms with E-state index in [0.717, 1.165) is 6.07 Å². The second-order valence-corrected chi connectivity index (χ2v) is 4.43. The van der Waals surface area contributed by atoms with Gasteiger partial charge in [-0.05, 0) is 18.6 Å². The van der Waals surface area contributed by atoms with Crippen LogP contribution >= 0.6 is 0 Å². The summed E-state index contributed by atoms with van der Waals surface area (Å²) in [5.74, 6) is -7.73. The average Bonchev–Trinajstić information content (AvgIpc) is 2.40. The molecule has 0 aromatic heterocycles. The minimum atomic E-state index is -1.81. The van der Waals surface area contributed by atoms with Gasteiger partial charge in [-0.2, -0.15) is 0 Å². The molecule has 1 aromatic rings. The SMILES string of the molecule is CCC(=C(C(=O)O)C(=O)c1ccc(F)c(F)c1F)N(C)C. The largest absolute Gasteiger partial charge is 0.477 e. The van der Waals surface area contributed by atoms with Crippen LogP contribution in [0.15, 0.2) is 23.4 Å². The molecule has 0 heterocycles. The van der Waals surface area contributed by atoms with E-state index in [-0.39, 0.29) is 12.1 Å². The lowest BCUT2D eigenvalue weighted by Crippen LogP contribution is -2.23. The average molecular weight is 301 g/mol. The van der Waals surface area contributed by atoms with Crippen molar-refractivity contribution in [3.63, 3.8) is 0 Å². The number of carbonyl (C=O) groups excluding carboxylic acids is 1. The van der Waals surface area contributed by atoms with Gasteiger partial charge in [0.25, 0.3) is 0 Å². The van der Waals surface area contributed by atoms with Crippen molar-refractivity contribution in [3.8, 4) is 0 Å². The Hall–Kier alpha value is -2.31. The van der Waals surface area contributed by atoms with Crippen molar-refractivity contribution in [2.75, 3.05) is 14.1 Å². The van der Waals surface area contributed by atoms with Crippen LogP contribution in [0.4, 0.5) is 13.2 Å². The van der Waals surface area contributed by atoms with Crippen LogP contribution in [0.5, 0.6) is 0 Å². The maximum atomic E-state index is 13.6. The predicted octanol–water partition coefficient (Wildman–Crippen LogP) is 2.60. The molecular formula is C14H14F3NO3. The van der Waals surface area contributed by atoms with Crippen LogP contribution in [0.3, 0.4) is 0 Å². The predicted molar refractivity (Wildman–Crippen MR) is 69.3 cm³/mol. The molecule has 1 N–H and O–H groups in total. The Morgan fingerprint density at radius 1 is 1.14 bits per heavy atom. The van der Waals surface area contributed by atoms with Crippen molar-refractivity contribution >= 4 is 11.8 Å². The number of carboxylic acid groups (broad SMARTS) is 1. The summed E-state index contributed by atoms with van der Waals surface area (Å²) >= 11 is 0. The molecule has 7 heteroatoms. The first-order valence-electron chi connectivity index (χ1n) is 6.04. The molecule has 1 rings (SSSR count). The fourth-order valence-electron chi connectivity index (χ4n) is 1.90. The number of ketones is 1. The number of carbonyl (C=O) groups is 2. The van der Waals surface area contributed by atoms with Crippen LogP contribution in [-0.4, -0.2) is 35.9 Å². The maximum Gasteiger partial charge on any atom is 0.341 e. The molecule has 0 amide bonds. The molecule has 0 fully saturated rings. The highest BCUT2D eigenvalue weighted by Gasteiger charge is 2.28. The molecule has 0 aliphatic rings. The Bertz CT molecular complexity index is 624. The van der Waals surface area contributed by atoms with E-state index >= 15 is 0 Å². The summed E-state index contributed by atoms with van der Waals surface area (Å²) in [5.41, 5.74) is -1.34. The summed E-state index contributed by atoms with van der Waals surface area (Å²) in [6, 6.07) is 1.30. The van der Waals surface area contributed by atoms with Gasteiger partial charge in [0.05, 0.1) is 5.56 Å². The van der Waals surface area contributed by atoms with Crippen molar-refractivity contribution in [2.24, 2.45) is 0 Å². The first-order valence-corrected chi connectivity index (χ1v) is 6.04. The quantitative estimate of drug-likeness (QED) is 0.299. The highest BCUT2D eigenvalue weighted by molar-refractivity contribution is 6.24. The van der Waals surface area contributed by atoms with Gasteiger partial charge in [-0.1, -0.05) is 6.92 Å². The summed E-state index contributed by atoms with van der Waals surface area (Å²) < 4.78 is 39.7. The zero-order chi connectivity index (χ0) is 16.3. The van der Waals surface area contributed by atoms with Gasteiger partial charge in [0, 0.05) is 19.8 Å². The van der Waals surface area contributed by atoms with Crippen LogP contribution in [0.1, 0.15) is 23.7 Å². The molecule has 0 spiro atoms. The fraction of sp³-hybridized carbons (Fsp3) is 0.286. The number of halogens is 3. The molecule has 1 aromatic carbocycles. The molecule has 114 valence electrons. The van der Waals surface area contributed by atoms with Crippen LogP contribution in [0.25, 0.3) is 0 Å². The minimum Gasteiger partial charge on any atom is -0.477 e. The summed E-state index contributed by atoms with van der Waals surface area (Å²) in [5, 5.41) is 9.17. The Morgan fingerprint density at radius 2 is 1.71 bits per heavy atom. The van der Waals surface area contributed by atoms with E-state index in [9.17, 15) is 27.9 Å². The topological polar surface area (TPSA) is 57.6 Å². The number of benzene rings is 1. The number of rotatable bonds is 5. The smallest absolute Gasteiger partial charge is 0.341 e. The van der Waals surface area contributed by atoms with Crippen molar-refractivity contribution in [1.82, 2.24) is 4.90 Å². The lowest BCUT2D eigenvalue weighted by atomic mass is 9.99. The summed E-state index contributed by atoms with van der Waals surface area (Å²) in [7, 11) is 3.05. The Kier molecular flexibility index (Phi) is 5.12. The number of allylic oxidation sites excluding steroid dienone is 1. The van der Waals surface area contributed by atoms with Gasteiger partial charge in [0.2, 0.25) is 5.78 Å². The van der Waals surface area contributed by atoms with E-state index in [1.54, 1.807) is 6.92 Å². The van der Waals surface area contributed by atoms with E-state index in [4.69, 9.17) is 0 Å². The number of aliphatic carboxylic acids is 1. The molecule has 0 saturated heterocycles. The van der Waals surface area contributed by atoms with Gasteiger partial charge < -0.3 is 10.0 Å². The van der Waals surface area contributed by atoms with Crippen LogP contribution in [-0.2, 0) is 4.79 Å². The highest BCUT2D eigenvalue weighted by Crippen LogP contribution is 2.22. The fourth-order valence-corrected chi connectivity index (χ4v) is 1.90. The molecule has 0 aliphatic heterocycles. The summed E-state index contributed by atoms with van der Waals surface area (Å²) in [6.07, 6.45) is 0.200. The summed E-state index contributed by atoms with van der Waals surface area (Å²) in [4.78, 5) is 24.9. The third-order valence-electron chi connectivity index (χ3n) is 2.88. The Balaban J connectivity index is 3.53. The van der Waals surface area contributed by atoms with Crippen LogP contribution in [0.2, 0.25) is 0 Å². The van der Waals surface area contributed by atoms with Gasteiger partial charge in [-0.25, -0.2) is 18.0 Å². The van der Waals surface area contributed by atoms with Gasteiger partial charge in [0.15, 0.2) is 17.5 Å². The highest BCUT2D eigenvalue weighted by atomic mass is 19.2. The van der Waals surface area contributed by atoms with E-state index in [2.05, 4.69) is 0 Å². The first kappa shape index (κ1) is 16.7. The van der Waals surface area contributed by atoms with Gasteiger partial charge >= 0.3 is 5.97 Å². The second-order valence-electron chi connectivity index (χ2n) is 4.43. The molecule has 0 unspecified atom stereocenters. The molecule has 21 heavy (non-hydrogen) atoms. The van der Waals surface area contributed by atoms with Crippen LogP contribution in [0, 0.1) is 17.5 Å². The van der Waals surface area contributed by atoms with E-state index in [1.165, 1.54) is 19.0 Å². The van der Waals surface area contributed by atoms with E-state index in [0.29, 0.717) is 6.07 Å². The first-order chi connectivity index (χ1) is 9.72. The standard InChI is InChI=1S/C14H14F3NO3/c1-4-9(18(2)3)10(14(20)21)13(19)7-5-6-8(15)12(17)11(7)16/h5-6H,4H2,1-3H3,(H,20,21). The molecular weight excluding hydrogens is 287 g/mol. The minimum absolute atomic E-state index is 0.150. The molecule has 4 nitrogen and oxygen atoms in total. The second kappa shape index (κ2) is 6.43. The van der Waals surface area contributed by atoms with Crippen LogP contribution < -0.4 is 0 Å². The summed E-state index contributed by atoms with van der Waals surface area (Å²) in [6.45, 7) is 1.62. The third kappa shape index (κ3) is 3.24. The molecule has 0 aliphatic carbocycles. The Labute approximate surface area is 119 Å². The number of hydrogen-bond acceptors (Lipinski definition) is 3. The zero-order valence-corrected chi connectivity index (χ0v) is 11.7. The van der Waals surface area contributed by atoms with Crippen molar-refractivity contribution < 1.29 is 27.9 Å². The normalized spacial score (nSPS) is 11.9. The zero-order valence-electron chi connectivity index (χ0n) is 11.7. The van der Waals surface area contributed by atoms with Gasteiger partial charge in [0.1, 0.15) is 5.57 Å². The molecule has 0 radical (unpaired) electrons. The third-order valence-corrected chi connectivity index (χ3v) is 2.88. The molecule has 0 bridgehead atoms. The lowest BCUT2D eigenvalue weighted by Gasteiger charge is -2.18. The van der Waals surface area contributed by atoms with Crippen molar-refractivity contribution in [1.29, 1.82) is 0 Å². The molecule has 0 atom stereocenters. The van der Waals surface area contributed by atoms with Crippen molar-refractivity contribution in [2.45, 2.75) is 13.3 Å². The monoisotopic (exact) mass is 301 g/mol. The van der Waals surface area contributed by atoms with Gasteiger partial charge in [-0.15, -0.1) is 0 Å². The number of nitrogens with zero attached hydrogens (tertiary/aromatic N) is 1. The van der Waals surface area contributed by atoms with Gasteiger partial charge in [-0.3, -0.25) is 4.79 Å². The van der Waals surface area contributed by atoms with E-state index < -0.39 is 40.3 Å². The molecule has 0 saturated carbocycles. The maximum absolute atomic E-state index is 13.6. The Morgan fingerprint density at radius 3 is 2.14 bits per heavy atom. The van der Waals surface area contributed by atoms with E-state index in [1.807, 2.05) is 0 Å². The number of carboxylic acids is 1. The van der Waals surface area contributed by atoms with Crippen molar-refractivity contribution in [3.05, 3.63) is 46.4 Å². The number of Topliss-reactive ketones (excluding diaryl/α,β-unsaturated/α-hetero) is 1. The number of hydrogen-bond donors (Lipinski definition) is 1. The lowest BCUT2D eigenvalue weighted by molar-refractivity contribution is -0.132.